The number of nitrogens with zero attached hydrogens (tertiary/aromatic N) is 2. The summed E-state index contributed by atoms with van der Waals surface area (Å²) < 4.78 is 15.2. The van der Waals surface area contributed by atoms with E-state index in [0.29, 0.717) is 16.4 Å². The summed E-state index contributed by atoms with van der Waals surface area (Å²) in [6.07, 6.45) is 4.77. The van der Waals surface area contributed by atoms with E-state index < -0.39 is 0 Å². The molecule has 2 aromatic heterocycles. The van der Waals surface area contributed by atoms with Crippen molar-refractivity contribution < 1.29 is 9.18 Å². The third kappa shape index (κ3) is 3.03. The van der Waals surface area contributed by atoms with Crippen molar-refractivity contribution >= 4 is 39.9 Å². The van der Waals surface area contributed by atoms with Gasteiger partial charge in [0.1, 0.15) is 5.82 Å². The van der Waals surface area contributed by atoms with Crippen LogP contribution in [0.25, 0.3) is 11.0 Å². The molecule has 3 rings (SSSR count). The average molecular weight is 336 g/mol. The van der Waals surface area contributed by atoms with E-state index in [-0.39, 0.29) is 18.3 Å². The Balaban J connectivity index is 1.68. The number of rotatable bonds is 4. The fourth-order valence-electron chi connectivity index (χ4n) is 1.96. The summed E-state index contributed by atoms with van der Waals surface area (Å²) >= 11 is 7.49. The zero-order valence-electron chi connectivity index (χ0n) is 11.3. The number of amides is 1. The molecule has 22 heavy (non-hydrogen) atoms. The lowest BCUT2D eigenvalue weighted by Crippen LogP contribution is -2.20. The highest BCUT2D eigenvalue weighted by Gasteiger charge is 2.09. The Kier molecular flexibility index (Phi) is 4.22. The van der Waals surface area contributed by atoms with Gasteiger partial charge >= 0.3 is 0 Å². The second-order valence-corrected chi connectivity index (χ2v) is 5.72. The summed E-state index contributed by atoms with van der Waals surface area (Å²) in [6.45, 7) is 0.129. The first-order valence-electron chi connectivity index (χ1n) is 6.45. The lowest BCUT2D eigenvalue weighted by atomic mass is 10.2. The fourth-order valence-corrected chi connectivity index (χ4v) is 2.97. The van der Waals surface area contributed by atoms with E-state index in [1.807, 2.05) is 11.6 Å². The zero-order valence-corrected chi connectivity index (χ0v) is 12.9. The number of fused-ring (bicyclic) bond motifs is 1. The van der Waals surface area contributed by atoms with E-state index in [2.05, 4.69) is 10.3 Å². The summed E-state index contributed by atoms with van der Waals surface area (Å²) in [5.74, 6) is -0.671. The van der Waals surface area contributed by atoms with Crippen molar-refractivity contribution in [2.45, 2.75) is 6.54 Å². The molecule has 0 bridgehead atoms. The molecule has 1 N–H and O–H groups in total. The van der Waals surface area contributed by atoms with Crippen LogP contribution >= 0.6 is 22.9 Å². The Bertz CT molecular complexity index is 855. The fraction of sp³-hybridized carbons (Fsp3) is 0.0667. The van der Waals surface area contributed by atoms with Crippen molar-refractivity contribution in [3.63, 3.8) is 0 Å². The average Bonchev–Trinajstić information content (AvgIpc) is 3.05. The predicted molar refractivity (Wildman–Crippen MR) is 85.4 cm³/mol. The summed E-state index contributed by atoms with van der Waals surface area (Å²) in [7, 11) is 0. The third-order valence-corrected chi connectivity index (χ3v) is 4.09. The monoisotopic (exact) mass is 335 g/mol. The van der Waals surface area contributed by atoms with Crippen LogP contribution in [0.2, 0.25) is 5.15 Å². The summed E-state index contributed by atoms with van der Waals surface area (Å²) in [6, 6.07) is 6.31. The van der Waals surface area contributed by atoms with Crippen molar-refractivity contribution in [2.24, 2.45) is 0 Å². The number of halogens is 2. The van der Waals surface area contributed by atoms with E-state index in [0.717, 1.165) is 4.96 Å². The summed E-state index contributed by atoms with van der Waals surface area (Å²) in [5, 5.41) is 4.85. The molecule has 0 aliphatic rings. The number of thiazole rings is 1. The topological polar surface area (TPSA) is 46.4 Å². The normalized spacial score (nSPS) is 11.4. The summed E-state index contributed by atoms with van der Waals surface area (Å²) in [4.78, 5) is 16.7. The molecule has 0 saturated carbocycles. The molecule has 0 fully saturated rings. The van der Waals surface area contributed by atoms with E-state index in [1.54, 1.807) is 28.7 Å². The minimum atomic E-state index is -0.342. The Morgan fingerprint density at radius 1 is 1.45 bits per heavy atom. The highest BCUT2D eigenvalue weighted by molar-refractivity contribution is 7.15. The lowest BCUT2D eigenvalue weighted by molar-refractivity contribution is -0.116. The van der Waals surface area contributed by atoms with Crippen molar-refractivity contribution in [3.05, 3.63) is 64.1 Å². The second-order valence-electron chi connectivity index (χ2n) is 4.49. The maximum absolute atomic E-state index is 13.4. The molecule has 7 heteroatoms. The quantitative estimate of drug-likeness (QED) is 0.741. The molecule has 3 aromatic rings. The molecule has 112 valence electrons. The van der Waals surface area contributed by atoms with Gasteiger partial charge in [-0.05, 0) is 12.1 Å². The lowest BCUT2D eigenvalue weighted by Gasteiger charge is -2.03. The highest BCUT2D eigenvalue weighted by atomic mass is 35.5. The molecule has 2 heterocycles. The van der Waals surface area contributed by atoms with Gasteiger partial charge in [-0.3, -0.25) is 9.20 Å². The van der Waals surface area contributed by atoms with Gasteiger partial charge in [-0.2, -0.15) is 0 Å². The van der Waals surface area contributed by atoms with Crippen LogP contribution in [0.1, 0.15) is 11.3 Å². The first kappa shape index (κ1) is 14.7. The number of benzene rings is 1. The van der Waals surface area contributed by atoms with Gasteiger partial charge in [-0.25, -0.2) is 9.37 Å². The van der Waals surface area contributed by atoms with Crippen LogP contribution in [0.3, 0.4) is 0 Å². The molecular formula is C15H11ClFN3OS. The minimum Gasteiger partial charge on any atom is -0.348 e. The van der Waals surface area contributed by atoms with Crippen LogP contribution in [0.5, 0.6) is 0 Å². The van der Waals surface area contributed by atoms with Crippen molar-refractivity contribution in [1.82, 2.24) is 14.7 Å². The Labute approximate surface area is 134 Å². The Hall–Kier alpha value is -2.18. The number of hydrogen-bond acceptors (Lipinski definition) is 3. The largest absolute Gasteiger partial charge is 0.348 e. The maximum Gasteiger partial charge on any atom is 0.244 e. The molecule has 1 amide bonds. The van der Waals surface area contributed by atoms with Gasteiger partial charge in [0, 0.05) is 29.8 Å². The first-order valence-corrected chi connectivity index (χ1v) is 7.71. The van der Waals surface area contributed by atoms with E-state index in [9.17, 15) is 9.18 Å². The van der Waals surface area contributed by atoms with Gasteiger partial charge < -0.3 is 5.32 Å². The van der Waals surface area contributed by atoms with Gasteiger partial charge in [0.15, 0.2) is 10.1 Å². The van der Waals surface area contributed by atoms with Crippen LogP contribution in [0.4, 0.5) is 4.39 Å². The molecule has 1 aromatic carbocycles. The van der Waals surface area contributed by atoms with E-state index in [4.69, 9.17) is 11.6 Å². The van der Waals surface area contributed by atoms with Crippen LogP contribution in [-0.4, -0.2) is 15.3 Å². The standard InChI is InChI=1S/C15H11ClFN3OS/c16-14-12(20-7-8-22-15(20)19-14)5-6-13(21)18-9-10-3-1-2-4-11(10)17/h1-8H,9H2,(H,18,21)/b6-5+. The SMILES string of the molecule is O=C(/C=C/c1c(Cl)nc2sccn12)NCc1ccccc1F. The van der Waals surface area contributed by atoms with Gasteiger partial charge in [-0.15, -0.1) is 11.3 Å². The van der Waals surface area contributed by atoms with Crippen LogP contribution in [-0.2, 0) is 11.3 Å². The number of imidazole rings is 1. The number of carbonyl (C=O) groups is 1. The summed E-state index contributed by atoms with van der Waals surface area (Å²) in [5.41, 5.74) is 1.07. The predicted octanol–water partition coefficient (Wildman–Crippen LogP) is 3.52. The molecular weight excluding hydrogens is 325 g/mol. The number of nitrogens with one attached hydrogen (secondary N) is 1. The minimum absolute atomic E-state index is 0.129. The molecule has 4 nitrogen and oxygen atoms in total. The number of aromatic nitrogens is 2. The highest BCUT2D eigenvalue weighted by Crippen LogP contribution is 2.22. The molecule has 0 radical (unpaired) electrons. The molecule has 0 aliphatic carbocycles. The Morgan fingerprint density at radius 2 is 2.27 bits per heavy atom. The second kappa shape index (κ2) is 6.29. The number of carbonyl (C=O) groups excluding carboxylic acids is 1. The third-order valence-electron chi connectivity index (χ3n) is 3.06. The molecule has 0 saturated heterocycles. The van der Waals surface area contributed by atoms with Crippen molar-refractivity contribution in [2.75, 3.05) is 0 Å². The molecule has 0 aliphatic heterocycles. The van der Waals surface area contributed by atoms with Crippen molar-refractivity contribution in [1.29, 1.82) is 0 Å². The van der Waals surface area contributed by atoms with Crippen molar-refractivity contribution in [3.8, 4) is 0 Å². The first-order chi connectivity index (χ1) is 10.6. The smallest absolute Gasteiger partial charge is 0.244 e. The molecule has 0 atom stereocenters. The van der Waals surface area contributed by atoms with Gasteiger partial charge in [-0.1, -0.05) is 29.8 Å². The van der Waals surface area contributed by atoms with Gasteiger partial charge in [0.05, 0.1) is 5.69 Å². The van der Waals surface area contributed by atoms with Gasteiger partial charge in [0.2, 0.25) is 5.91 Å². The molecule has 0 unspecified atom stereocenters. The molecule has 0 spiro atoms. The van der Waals surface area contributed by atoms with E-state index >= 15 is 0 Å². The van der Waals surface area contributed by atoms with Crippen LogP contribution in [0, 0.1) is 5.82 Å². The van der Waals surface area contributed by atoms with Gasteiger partial charge in [0.25, 0.3) is 0 Å². The Morgan fingerprint density at radius 3 is 3.09 bits per heavy atom. The number of hydrogen-bond donors (Lipinski definition) is 1. The zero-order chi connectivity index (χ0) is 15.5. The van der Waals surface area contributed by atoms with Crippen LogP contribution in [0.15, 0.2) is 41.9 Å². The van der Waals surface area contributed by atoms with E-state index in [1.165, 1.54) is 23.5 Å². The van der Waals surface area contributed by atoms with Crippen LogP contribution < -0.4 is 5.32 Å². The maximum atomic E-state index is 13.4.